The number of nitrogens with one attached hydrogen (secondary N) is 1. The van der Waals surface area contributed by atoms with Crippen molar-refractivity contribution in [3.8, 4) is 22.6 Å². The molecule has 2 heterocycles. The Morgan fingerprint density at radius 2 is 1.78 bits per heavy atom. The van der Waals surface area contributed by atoms with Gasteiger partial charge in [0.2, 0.25) is 0 Å². The predicted octanol–water partition coefficient (Wildman–Crippen LogP) is 7.21. The molecule has 1 N–H and O–H groups in total. The van der Waals surface area contributed by atoms with Crippen LogP contribution in [0.3, 0.4) is 0 Å². The number of nitrogens with zero attached hydrogens (tertiary/aromatic N) is 2. The second-order valence-electron chi connectivity index (χ2n) is 8.71. The highest BCUT2D eigenvalue weighted by atomic mass is 32.2. The van der Waals surface area contributed by atoms with Gasteiger partial charge in [0.25, 0.3) is 0 Å². The largest absolute Gasteiger partial charge is 0.491 e. The minimum Gasteiger partial charge on any atom is -0.491 e. The van der Waals surface area contributed by atoms with Crippen molar-refractivity contribution < 1.29 is 18.7 Å². The van der Waals surface area contributed by atoms with Crippen molar-refractivity contribution in [1.82, 2.24) is 10.1 Å². The van der Waals surface area contributed by atoms with Gasteiger partial charge >= 0.3 is 0 Å². The molecule has 0 saturated heterocycles. The second kappa shape index (κ2) is 12.2. The maximum Gasteiger partial charge on any atom is 0.182 e. The molecule has 0 atom stereocenters. The second-order valence-corrected chi connectivity index (χ2v) is 9.56. The van der Waals surface area contributed by atoms with Gasteiger partial charge in [-0.25, -0.2) is 0 Å². The van der Waals surface area contributed by atoms with Crippen LogP contribution < -0.4 is 14.2 Å². The highest BCUT2D eigenvalue weighted by molar-refractivity contribution is 8.00. The molecule has 194 valence electrons. The number of aromatic nitrogens is 2. The summed E-state index contributed by atoms with van der Waals surface area (Å²) in [5.74, 6) is 2.89. The van der Waals surface area contributed by atoms with E-state index >= 15 is 0 Å². The van der Waals surface area contributed by atoms with Gasteiger partial charge in [-0.1, -0.05) is 35.5 Å². The van der Waals surface area contributed by atoms with E-state index in [0.717, 1.165) is 55.7 Å². The lowest BCUT2D eigenvalue weighted by Crippen LogP contribution is -2.03. The zero-order chi connectivity index (χ0) is 26.4. The summed E-state index contributed by atoms with van der Waals surface area (Å²) in [4.78, 5) is 5.54. The van der Waals surface area contributed by atoms with Crippen LogP contribution in [-0.4, -0.2) is 23.9 Å². The van der Waals surface area contributed by atoms with Gasteiger partial charge in [-0.2, -0.15) is 0 Å². The highest BCUT2D eigenvalue weighted by Gasteiger charge is 2.15. The van der Waals surface area contributed by atoms with Crippen molar-refractivity contribution in [3.05, 3.63) is 82.4 Å². The predicted molar refractivity (Wildman–Crippen MR) is 147 cm³/mol. The van der Waals surface area contributed by atoms with Gasteiger partial charge in [0.1, 0.15) is 12.4 Å². The van der Waals surface area contributed by atoms with Gasteiger partial charge in [-0.3, -0.25) is 4.98 Å². The van der Waals surface area contributed by atoms with E-state index in [0.29, 0.717) is 31.3 Å². The first-order valence-electron chi connectivity index (χ1n) is 12.2. The lowest BCUT2D eigenvalue weighted by Gasteiger charge is -2.17. The molecule has 0 unspecified atom stereocenters. The van der Waals surface area contributed by atoms with E-state index in [1.165, 1.54) is 11.9 Å². The summed E-state index contributed by atoms with van der Waals surface area (Å²) in [5.41, 5.74) is 7.07. The Morgan fingerprint density at radius 1 is 0.973 bits per heavy atom. The number of hydrogen-bond acceptors (Lipinski definition) is 8. The third-order valence-corrected chi connectivity index (χ3v) is 6.93. The van der Waals surface area contributed by atoms with Crippen LogP contribution in [-0.2, 0) is 18.0 Å². The quantitative estimate of drug-likeness (QED) is 0.208. The summed E-state index contributed by atoms with van der Waals surface area (Å²) >= 11 is 1.52. The number of benzene rings is 2. The molecule has 4 rings (SSSR count). The molecule has 2 aromatic carbocycles. The molecule has 0 radical (unpaired) electrons. The minimum atomic E-state index is 0.404. The third kappa shape index (κ3) is 6.26. The summed E-state index contributed by atoms with van der Waals surface area (Å²) in [7, 11) is 1.64. The molecule has 0 fully saturated rings. The van der Waals surface area contributed by atoms with Crippen LogP contribution in [0, 0.1) is 27.7 Å². The molecule has 0 saturated carbocycles. The number of anilines is 1. The van der Waals surface area contributed by atoms with E-state index in [4.69, 9.17) is 18.7 Å². The summed E-state index contributed by atoms with van der Waals surface area (Å²) < 4.78 is 26.2. The zero-order valence-electron chi connectivity index (χ0n) is 22.2. The molecule has 0 aliphatic carbocycles. The summed E-state index contributed by atoms with van der Waals surface area (Å²) in [6.45, 7) is 11.3. The molecular formula is C29H33N3O4S. The molecule has 8 heteroatoms. The van der Waals surface area contributed by atoms with Crippen LogP contribution in [0.15, 0.2) is 57.9 Å². The molecule has 0 aliphatic rings. The van der Waals surface area contributed by atoms with Crippen molar-refractivity contribution in [1.29, 1.82) is 0 Å². The van der Waals surface area contributed by atoms with E-state index in [1.807, 2.05) is 52.8 Å². The van der Waals surface area contributed by atoms with E-state index in [2.05, 4.69) is 45.2 Å². The Labute approximate surface area is 222 Å². The Balaban J connectivity index is 1.60. The van der Waals surface area contributed by atoms with E-state index in [-0.39, 0.29) is 0 Å². The Kier molecular flexibility index (Phi) is 8.74. The molecule has 4 aromatic rings. The molecular weight excluding hydrogens is 486 g/mol. The Hall–Kier alpha value is -3.49. The van der Waals surface area contributed by atoms with Crippen LogP contribution in [0.4, 0.5) is 5.82 Å². The van der Waals surface area contributed by atoms with Crippen LogP contribution in [0.25, 0.3) is 11.1 Å². The van der Waals surface area contributed by atoms with Crippen molar-refractivity contribution >= 4 is 17.8 Å². The maximum atomic E-state index is 6.17. The monoisotopic (exact) mass is 519 g/mol. The van der Waals surface area contributed by atoms with Gasteiger partial charge in [0.05, 0.1) is 19.4 Å². The lowest BCUT2D eigenvalue weighted by atomic mass is 9.98. The molecule has 0 amide bonds. The standard InChI is InChI=1S/C29H33N3O4S/c1-7-34-17-23-15-22(16-35-26-14-18(2)30-20(4)28(26)33-6)12-13-24(23)25-10-8-9-11-27(25)37-32-29-19(3)21(5)36-31-29/h8-15H,7,16-17H2,1-6H3,(H,31,32). The van der Waals surface area contributed by atoms with Gasteiger partial charge in [-0.15, -0.1) is 0 Å². The van der Waals surface area contributed by atoms with E-state index in [1.54, 1.807) is 7.11 Å². The third-order valence-electron chi connectivity index (χ3n) is 6.06. The van der Waals surface area contributed by atoms with Crippen LogP contribution in [0.2, 0.25) is 0 Å². The van der Waals surface area contributed by atoms with Crippen LogP contribution >= 0.6 is 11.9 Å². The van der Waals surface area contributed by atoms with Crippen LogP contribution in [0.5, 0.6) is 11.5 Å². The van der Waals surface area contributed by atoms with E-state index in [9.17, 15) is 0 Å². The van der Waals surface area contributed by atoms with Crippen LogP contribution in [0.1, 0.15) is 40.8 Å². The van der Waals surface area contributed by atoms with Gasteiger partial charge in [-0.05, 0) is 81.0 Å². The fraction of sp³-hybridized carbons (Fsp3) is 0.310. The smallest absolute Gasteiger partial charge is 0.182 e. The average molecular weight is 520 g/mol. The van der Waals surface area contributed by atoms with Gasteiger partial charge in [0.15, 0.2) is 17.3 Å². The SMILES string of the molecule is CCOCc1cc(COc2cc(C)nc(C)c2OC)ccc1-c1ccccc1SNc1noc(C)c1C. The Bertz CT molecular complexity index is 1370. The number of methoxy groups -OCH3 is 1. The van der Waals surface area contributed by atoms with Gasteiger partial charge < -0.3 is 23.5 Å². The fourth-order valence-corrected chi connectivity index (χ4v) is 4.85. The number of aryl methyl sites for hydroxylation is 3. The number of pyridine rings is 1. The molecule has 0 aliphatic heterocycles. The van der Waals surface area contributed by atoms with E-state index < -0.39 is 0 Å². The average Bonchev–Trinajstić information content (AvgIpc) is 3.22. The molecule has 7 nitrogen and oxygen atoms in total. The first-order valence-corrected chi connectivity index (χ1v) is 13.0. The first-order chi connectivity index (χ1) is 17.9. The topological polar surface area (TPSA) is 78.6 Å². The fourth-order valence-electron chi connectivity index (χ4n) is 4.02. The van der Waals surface area contributed by atoms with Crippen molar-refractivity contribution in [2.75, 3.05) is 18.4 Å². The molecule has 37 heavy (non-hydrogen) atoms. The zero-order valence-corrected chi connectivity index (χ0v) is 23.0. The van der Waals surface area contributed by atoms with Crippen molar-refractivity contribution in [2.24, 2.45) is 0 Å². The molecule has 0 spiro atoms. The maximum absolute atomic E-state index is 6.17. The summed E-state index contributed by atoms with van der Waals surface area (Å²) in [6.07, 6.45) is 0. The van der Waals surface area contributed by atoms with Crippen molar-refractivity contribution in [2.45, 2.75) is 52.7 Å². The highest BCUT2D eigenvalue weighted by Crippen LogP contribution is 2.36. The molecule has 0 bridgehead atoms. The number of hydrogen-bond donors (Lipinski definition) is 1. The minimum absolute atomic E-state index is 0.404. The first kappa shape index (κ1) is 26.6. The summed E-state index contributed by atoms with van der Waals surface area (Å²) in [5, 5.41) is 4.12. The number of rotatable bonds is 11. The molecule has 2 aromatic heterocycles. The van der Waals surface area contributed by atoms with Crippen molar-refractivity contribution in [3.63, 3.8) is 0 Å². The number of ether oxygens (including phenoxy) is 3. The normalized spacial score (nSPS) is 11.0. The lowest BCUT2D eigenvalue weighted by molar-refractivity contribution is 0.134. The summed E-state index contributed by atoms with van der Waals surface area (Å²) in [6, 6.07) is 16.6. The van der Waals surface area contributed by atoms with Gasteiger partial charge in [0, 0.05) is 28.8 Å². The Morgan fingerprint density at radius 3 is 2.51 bits per heavy atom.